The molecular weight excluding hydrogens is 504 g/mol. The number of carbonyl (C=O) groups is 4. The highest BCUT2D eigenvalue weighted by atomic mass is 17.1. The van der Waals surface area contributed by atoms with Crippen LogP contribution in [-0.4, -0.2) is 48.3 Å². The van der Waals surface area contributed by atoms with E-state index in [9.17, 15) is 9.59 Å². The highest BCUT2D eigenvalue weighted by Crippen LogP contribution is 2.30. The van der Waals surface area contributed by atoms with Gasteiger partial charge in [-0.3, -0.25) is 14.8 Å². The van der Waals surface area contributed by atoms with Gasteiger partial charge in [0, 0.05) is 5.41 Å². The summed E-state index contributed by atoms with van der Waals surface area (Å²) in [4.78, 5) is 43.9. The van der Waals surface area contributed by atoms with Crippen molar-refractivity contribution in [3.63, 3.8) is 0 Å². The normalized spacial score (nSPS) is 12.7. The summed E-state index contributed by atoms with van der Waals surface area (Å²) in [5.41, 5.74) is -0.397. The predicted molar refractivity (Wildman–Crippen MR) is 132 cm³/mol. The van der Waals surface area contributed by atoms with Crippen LogP contribution in [0, 0.1) is 34.5 Å². The van der Waals surface area contributed by atoms with Gasteiger partial charge in [0.15, 0.2) is 0 Å². The molecule has 0 rings (SSSR count). The first-order valence-corrected chi connectivity index (χ1v) is 12.3. The smallest absolute Gasteiger partial charge is 0.308 e. The topological polar surface area (TPSA) is 208 Å². The largest absolute Gasteiger partial charge is 0.652 e. The van der Waals surface area contributed by atoms with Crippen molar-refractivity contribution >= 4 is 24.2 Å². The third-order valence-electron chi connectivity index (χ3n) is 4.70. The van der Waals surface area contributed by atoms with Gasteiger partial charge in [0.1, 0.15) is 12.2 Å². The summed E-state index contributed by atoms with van der Waals surface area (Å²) < 4.78 is 11.0. The number of esters is 2. The third-order valence-corrected chi connectivity index (χ3v) is 4.70. The second-order valence-electron chi connectivity index (χ2n) is 11.6. The van der Waals surface area contributed by atoms with Gasteiger partial charge in [-0.15, -0.1) is 0 Å². The Kier molecular flexibility index (Phi) is 22.8. The number of carboxylic acid groups (broad SMARTS) is 4. The number of rotatable bonds is 9. The summed E-state index contributed by atoms with van der Waals surface area (Å²) in [6.45, 7) is 25.7. The summed E-state index contributed by atoms with van der Waals surface area (Å²) >= 11 is 0. The van der Waals surface area contributed by atoms with E-state index in [1.165, 1.54) is 0 Å². The Morgan fingerprint density at radius 2 is 0.895 bits per heavy atom. The second kappa shape index (κ2) is 20.4. The first kappa shape index (κ1) is 42.5. The first-order chi connectivity index (χ1) is 16.8. The monoisotopic (exact) mass is 552 g/mol. The van der Waals surface area contributed by atoms with Gasteiger partial charge in [-0.25, -0.2) is 4.89 Å². The Labute approximate surface area is 227 Å². The Morgan fingerprint density at radius 1 is 0.632 bits per heavy atom. The van der Waals surface area contributed by atoms with E-state index in [2.05, 4.69) is 39.5 Å². The standard InChI is InChI=1S/C12H24O4.C12H24O2.2CH2O3/c1-8(2)10(12(5,6)7-15-14)16-11(13)9(3)4;1-8(2)10(12(5,6)7)14-11(13)9(3)4;2*2-1(3)4/h8-10,14H,7H2,1-6H3;8-10H,1-7H3;2*(H2,2,3,4)/p-4. The fourth-order valence-electron chi connectivity index (χ4n) is 3.28. The molecule has 0 saturated heterocycles. The molecular formula is C26H48O12-4. The van der Waals surface area contributed by atoms with Crippen LogP contribution in [0.5, 0.6) is 0 Å². The summed E-state index contributed by atoms with van der Waals surface area (Å²) in [6, 6.07) is 0. The Balaban J connectivity index is -0.000000238. The van der Waals surface area contributed by atoms with Crippen molar-refractivity contribution in [2.45, 2.75) is 102 Å². The SMILES string of the molecule is CC(C)C(=O)OC(C(C)C)C(C)(C)C.CC(C)C(=O)OC(C(C)C)C(C)(C)COO.O=C([O-])[O-].O=C([O-])[O-]. The molecule has 2 atom stereocenters. The van der Waals surface area contributed by atoms with Crippen molar-refractivity contribution < 1.29 is 59.2 Å². The number of ether oxygens (including phenoxy) is 2. The van der Waals surface area contributed by atoms with E-state index in [4.69, 9.17) is 44.7 Å². The molecule has 12 nitrogen and oxygen atoms in total. The Morgan fingerprint density at radius 3 is 1.08 bits per heavy atom. The molecule has 0 aliphatic carbocycles. The molecule has 0 fully saturated rings. The average Bonchev–Trinajstić information content (AvgIpc) is 2.67. The zero-order chi connectivity index (χ0) is 31.6. The molecule has 0 saturated carbocycles. The van der Waals surface area contributed by atoms with Gasteiger partial charge in [0.25, 0.3) is 0 Å². The zero-order valence-corrected chi connectivity index (χ0v) is 25.1. The van der Waals surface area contributed by atoms with Crippen molar-refractivity contribution in [3.8, 4) is 0 Å². The fourth-order valence-corrected chi connectivity index (χ4v) is 3.28. The van der Waals surface area contributed by atoms with Crippen LogP contribution < -0.4 is 20.4 Å². The molecule has 228 valence electrons. The minimum atomic E-state index is -2.33. The molecule has 0 aliphatic rings. The molecule has 0 aromatic carbocycles. The van der Waals surface area contributed by atoms with Gasteiger partial charge < -0.3 is 39.5 Å². The fraction of sp³-hybridized carbons (Fsp3) is 0.846. The molecule has 12 heteroatoms. The molecule has 0 bridgehead atoms. The predicted octanol–water partition coefficient (Wildman–Crippen LogP) is 1.09. The van der Waals surface area contributed by atoms with Gasteiger partial charge in [-0.05, 0) is 29.6 Å². The van der Waals surface area contributed by atoms with Crippen LogP contribution in [0.2, 0.25) is 0 Å². The van der Waals surface area contributed by atoms with E-state index in [0.29, 0.717) is 5.92 Å². The van der Waals surface area contributed by atoms with E-state index >= 15 is 0 Å². The molecule has 0 heterocycles. The van der Waals surface area contributed by atoms with Crippen LogP contribution in [0.25, 0.3) is 0 Å². The molecule has 0 amide bonds. The lowest BCUT2D eigenvalue weighted by Gasteiger charge is -2.35. The highest BCUT2D eigenvalue weighted by Gasteiger charge is 2.36. The molecule has 0 aliphatic heterocycles. The average molecular weight is 553 g/mol. The molecule has 0 aromatic heterocycles. The van der Waals surface area contributed by atoms with E-state index in [0.717, 1.165) is 0 Å². The second-order valence-corrected chi connectivity index (χ2v) is 11.6. The minimum absolute atomic E-state index is 0.00241. The van der Waals surface area contributed by atoms with Crippen molar-refractivity contribution in [1.29, 1.82) is 0 Å². The van der Waals surface area contributed by atoms with E-state index < -0.39 is 17.7 Å². The molecule has 0 aromatic rings. The minimum Gasteiger partial charge on any atom is -0.652 e. The van der Waals surface area contributed by atoms with Crippen LogP contribution in [0.1, 0.15) is 90.0 Å². The highest BCUT2D eigenvalue weighted by molar-refractivity contribution is 5.72. The maximum absolute atomic E-state index is 11.6. The number of hydrogen-bond acceptors (Lipinski definition) is 12. The summed E-state index contributed by atoms with van der Waals surface area (Å²) in [5, 5.41) is 41.9. The Hall–Kier alpha value is -2.60. The quantitative estimate of drug-likeness (QED) is 0.242. The van der Waals surface area contributed by atoms with Crippen molar-refractivity contribution in [1.82, 2.24) is 0 Å². The van der Waals surface area contributed by atoms with Gasteiger partial charge in [-0.1, -0.05) is 90.0 Å². The van der Waals surface area contributed by atoms with E-state index in [1.54, 1.807) is 13.8 Å². The lowest BCUT2D eigenvalue weighted by Crippen LogP contribution is -2.41. The lowest BCUT2D eigenvalue weighted by atomic mass is 9.81. The maximum Gasteiger partial charge on any atom is 0.308 e. The summed E-state index contributed by atoms with van der Waals surface area (Å²) in [6.07, 6.45) is -4.94. The molecule has 38 heavy (non-hydrogen) atoms. The van der Waals surface area contributed by atoms with Crippen LogP contribution in [0.3, 0.4) is 0 Å². The third kappa shape index (κ3) is 25.1. The van der Waals surface area contributed by atoms with E-state index in [-0.39, 0.29) is 53.9 Å². The van der Waals surface area contributed by atoms with Crippen LogP contribution in [0.4, 0.5) is 9.59 Å². The van der Waals surface area contributed by atoms with E-state index in [1.807, 2.05) is 41.5 Å². The Bertz CT molecular complexity index is 656. The van der Waals surface area contributed by atoms with Crippen molar-refractivity contribution in [2.75, 3.05) is 6.61 Å². The molecule has 2 unspecified atom stereocenters. The maximum atomic E-state index is 11.6. The number of carbonyl (C=O) groups excluding carboxylic acids is 4. The van der Waals surface area contributed by atoms with Crippen molar-refractivity contribution in [3.05, 3.63) is 0 Å². The van der Waals surface area contributed by atoms with Crippen LogP contribution in [0.15, 0.2) is 0 Å². The van der Waals surface area contributed by atoms with Gasteiger partial charge in [0.05, 0.1) is 18.4 Å². The molecule has 0 radical (unpaired) electrons. The zero-order valence-electron chi connectivity index (χ0n) is 25.1. The summed E-state index contributed by atoms with van der Waals surface area (Å²) in [5.74, 6) is 0.0274. The van der Waals surface area contributed by atoms with Gasteiger partial charge >= 0.3 is 11.9 Å². The van der Waals surface area contributed by atoms with Crippen LogP contribution in [-0.2, 0) is 24.0 Å². The molecule has 0 spiro atoms. The van der Waals surface area contributed by atoms with Gasteiger partial charge in [0.2, 0.25) is 0 Å². The van der Waals surface area contributed by atoms with Crippen LogP contribution >= 0.6 is 0 Å². The first-order valence-electron chi connectivity index (χ1n) is 12.3. The van der Waals surface area contributed by atoms with Gasteiger partial charge in [-0.2, -0.15) is 0 Å². The number of hydrogen-bond donors (Lipinski definition) is 1. The molecule has 1 N–H and O–H groups in total. The summed E-state index contributed by atoms with van der Waals surface area (Å²) in [7, 11) is 0. The van der Waals surface area contributed by atoms with Crippen molar-refractivity contribution in [2.24, 2.45) is 34.5 Å². The lowest BCUT2D eigenvalue weighted by molar-refractivity contribution is -0.417.